The average Bonchev–Trinajstić information content (AvgIpc) is 2.84. The van der Waals surface area contributed by atoms with Gasteiger partial charge in [0.2, 0.25) is 0 Å². The molecular weight excluding hydrogens is 252 g/mol. The zero-order valence-corrected chi connectivity index (χ0v) is 10.9. The highest BCUT2D eigenvalue weighted by molar-refractivity contribution is 7.80. The van der Waals surface area contributed by atoms with Crippen LogP contribution in [0.3, 0.4) is 0 Å². The number of anilines is 1. The van der Waals surface area contributed by atoms with Crippen molar-refractivity contribution in [1.82, 2.24) is 14.9 Å². The van der Waals surface area contributed by atoms with Gasteiger partial charge in [0.1, 0.15) is 0 Å². The Bertz CT molecular complexity index is 479. The van der Waals surface area contributed by atoms with Crippen LogP contribution in [0.5, 0.6) is 0 Å². The Morgan fingerprint density at radius 2 is 2.12 bits per heavy atom. The molecule has 0 saturated heterocycles. The molecule has 0 bridgehead atoms. The first-order chi connectivity index (χ1) is 8.29. The van der Waals surface area contributed by atoms with Crippen molar-refractivity contribution in [2.24, 2.45) is 0 Å². The van der Waals surface area contributed by atoms with Gasteiger partial charge < -0.3 is 10.6 Å². The van der Waals surface area contributed by atoms with E-state index in [0.29, 0.717) is 5.11 Å². The third kappa shape index (κ3) is 3.21. The highest BCUT2D eigenvalue weighted by atomic mass is 32.1. The quantitative estimate of drug-likeness (QED) is 0.834. The first-order valence-electron chi connectivity index (χ1n) is 5.22. The van der Waals surface area contributed by atoms with E-state index in [1.807, 2.05) is 31.2 Å². The Hall–Kier alpha value is -1.53. The SMILES string of the molecule is CCNC(=S)Nc1ccc(-c2cnns2)cc1. The first kappa shape index (κ1) is 11.9. The Morgan fingerprint density at radius 3 is 2.71 bits per heavy atom. The predicted molar refractivity (Wildman–Crippen MR) is 75.2 cm³/mol. The van der Waals surface area contributed by atoms with Crippen LogP contribution in [-0.4, -0.2) is 21.2 Å². The van der Waals surface area contributed by atoms with Crippen molar-refractivity contribution < 1.29 is 0 Å². The number of benzene rings is 1. The molecule has 0 aliphatic rings. The molecule has 0 unspecified atom stereocenters. The van der Waals surface area contributed by atoms with Crippen LogP contribution in [-0.2, 0) is 0 Å². The molecule has 0 aliphatic heterocycles. The summed E-state index contributed by atoms with van der Waals surface area (Å²) >= 11 is 6.49. The van der Waals surface area contributed by atoms with E-state index in [1.165, 1.54) is 11.5 Å². The molecule has 2 aromatic rings. The van der Waals surface area contributed by atoms with Crippen molar-refractivity contribution >= 4 is 34.6 Å². The van der Waals surface area contributed by atoms with Gasteiger partial charge in [-0.25, -0.2) is 0 Å². The molecule has 0 saturated carbocycles. The molecule has 6 heteroatoms. The highest BCUT2D eigenvalue weighted by Gasteiger charge is 2.01. The van der Waals surface area contributed by atoms with Gasteiger partial charge in [-0.1, -0.05) is 16.6 Å². The van der Waals surface area contributed by atoms with E-state index < -0.39 is 0 Å². The minimum Gasteiger partial charge on any atom is -0.363 e. The number of aromatic nitrogens is 2. The molecule has 0 amide bonds. The molecule has 0 aliphatic carbocycles. The minimum absolute atomic E-state index is 0.639. The van der Waals surface area contributed by atoms with Crippen LogP contribution in [0.2, 0.25) is 0 Å². The van der Waals surface area contributed by atoms with Gasteiger partial charge in [0, 0.05) is 12.2 Å². The zero-order chi connectivity index (χ0) is 12.1. The van der Waals surface area contributed by atoms with Gasteiger partial charge >= 0.3 is 0 Å². The molecule has 0 spiro atoms. The van der Waals surface area contributed by atoms with Crippen LogP contribution in [0.1, 0.15) is 6.92 Å². The lowest BCUT2D eigenvalue weighted by Crippen LogP contribution is -2.27. The lowest BCUT2D eigenvalue weighted by atomic mass is 10.2. The predicted octanol–water partition coefficient (Wildman–Crippen LogP) is 2.51. The molecule has 1 aromatic carbocycles. The van der Waals surface area contributed by atoms with Gasteiger partial charge in [0.25, 0.3) is 0 Å². The minimum atomic E-state index is 0.639. The van der Waals surface area contributed by atoms with Crippen LogP contribution in [0, 0.1) is 0 Å². The number of hydrogen-bond acceptors (Lipinski definition) is 4. The summed E-state index contributed by atoms with van der Waals surface area (Å²) in [6.07, 6.45) is 1.76. The summed E-state index contributed by atoms with van der Waals surface area (Å²) in [6.45, 7) is 2.82. The van der Waals surface area contributed by atoms with Crippen LogP contribution >= 0.6 is 23.8 Å². The van der Waals surface area contributed by atoms with E-state index in [4.69, 9.17) is 12.2 Å². The van der Waals surface area contributed by atoms with Gasteiger partial charge in [-0.05, 0) is 48.4 Å². The molecule has 17 heavy (non-hydrogen) atoms. The third-order valence-electron chi connectivity index (χ3n) is 2.13. The lowest BCUT2D eigenvalue weighted by molar-refractivity contribution is 0.979. The molecule has 1 heterocycles. The summed E-state index contributed by atoms with van der Waals surface area (Å²) in [5, 5.41) is 10.6. The van der Waals surface area contributed by atoms with Gasteiger partial charge in [-0.3, -0.25) is 0 Å². The molecule has 0 radical (unpaired) electrons. The fourth-order valence-corrected chi connectivity index (χ4v) is 2.13. The molecular formula is C11H12N4S2. The van der Waals surface area contributed by atoms with Gasteiger partial charge in [-0.15, -0.1) is 5.10 Å². The van der Waals surface area contributed by atoms with Crippen LogP contribution in [0.25, 0.3) is 10.4 Å². The maximum Gasteiger partial charge on any atom is 0.170 e. The molecule has 0 atom stereocenters. The zero-order valence-electron chi connectivity index (χ0n) is 9.30. The standard InChI is InChI=1S/C11H12N4S2/c1-2-12-11(16)14-9-5-3-8(4-6-9)10-7-13-15-17-10/h3-7H,2H2,1H3,(H2,12,14,16). The van der Waals surface area contributed by atoms with Gasteiger partial charge in [0.05, 0.1) is 11.1 Å². The van der Waals surface area contributed by atoms with E-state index in [1.54, 1.807) is 6.20 Å². The van der Waals surface area contributed by atoms with E-state index in [-0.39, 0.29) is 0 Å². The van der Waals surface area contributed by atoms with Crippen molar-refractivity contribution in [3.8, 4) is 10.4 Å². The molecule has 1 aromatic heterocycles. The smallest absolute Gasteiger partial charge is 0.170 e. The van der Waals surface area contributed by atoms with E-state index in [9.17, 15) is 0 Å². The Balaban J connectivity index is 2.06. The van der Waals surface area contributed by atoms with Crippen molar-refractivity contribution in [2.75, 3.05) is 11.9 Å². The Labute approximate surface area is 109 Å². The normalized spacial score (nSPS) is 9.94. The van der Waals surface area contributed by atoms with Gasteiger partial charge in [0.15, 0.2) is 5.11 Å². The summed E-state index contributed by atoms with van der Waals surface area (Å²) in [7, 11) is 0. The molecule has 0 fully saturated rings. The summed E-state index contributed by atoms with van der Waals surface area (Å²) in [4.78, 5) is 1.06. The van der Waals surface area contributed by atoms with E-state index in [0.717, 1.165) is 22.7 Å². The number of thiocarbonyl (C=S) groups is 1. The second-order valence-electron chi connectivity index (χ2n) is 3.34. The molecule has 2 rings (SSSR count). The molecule has 4 nitrogen and oxygen atoms in total. The number of nitrogens with zero attached hydrogens (tertiary/aromatic N) is 2. The van der Waals surface area contributed by atoms with E-state index >= 15 is 0 Å². The largest absolute Gasteiger partial charge is 0.363 e. The fraction of sp³-hybridized carbons (Fsp3) is 0.182. The molecule has 2 N–H and O–H groups in total. The number of hydrogen-bond donors (Lipinski definition) is 2. The van der Waals surface area contributed by atoms with Crippen molar-refractivity contribution in [3.63, 3.8) is 0 Å². The third-order valence-corrected chi connectivity index (χ3v) is 3.09. The van der Waals surface area contributed by atoms with Crippen LogP contribution < -0.4 is 10.6 Å². The summed E-state index contributed by atoms with van der Waals surface area (Å²) in [5.41, 5.74) is 2.08. The summed E-state index contributed by atoms with van der Waals surface area (Å²) in [6, 6.07) is 8.01. The van der Waals surface area contributed by atoms with E-state index in [2.05, 4.69) is 20.2 Å². The fourth-order valence-electron chi connectivity index (χ4n) is 1.35. The Morgan fingerprint density at radius 1 is 1.35 bits per heavy atom. The number of nitrogens with one attached hydrogen (secondary N) is 2. The highest BCUT2D eigenvalue weighted by Crippen LogP contribution is 2.23. The molecule has 88 valence electrons. The summed E-state index contributed by atoms with van der Waals surface area (Å²) < 4.78 is 3.84. The lowest BCUT2D eigenvalue weighted by Gasteiger charge is -2.08. The van der Waals surface area contributed by atoms with Crippen LogP contribution in [0.15, 0.2) is 30.5 Å². The topological polar surface area (TPSA) is 49.8 Å². The second kappa shape index (κ2) is 5.70. The van der Waals surface area contributed by atoms with Crippen molar-refractivity contribution in [1.29, 1.82) is 0 Å². The maximum atomic E-state index is 5.11. The average molecular weight is 264 g/mol. The van der Waals surface area contributed by atoms with Crippen molar-refractivity contribution in [2.45, 2.75) is 6.92 Å². The monoisotopic (exact) mass is 264 g/mol. The maximum absolute atomic E-state index is 5.11. The summed E-state index contributed by atoms with van der Waals surface area (Å²) in [5.74, 6) is 0. The van der Waals surface area contributed by atoms with Crippen molar-refractivity contribution in [3.05, 3.63) is 30.5 Å². The first-order valence-corrected chi connectivity index (χ1v) is 6.40. The Kier molecular flexibility index (Phi) is 4.00. The second-order valence-corrected chi connectivity index (χ2v) is 4.54. The van der Waals surface area contributed by atoms with Crippen LogP contribution in [0.4, 0.5) is 5.69 Å². The number of rotatable bonds is 3. The van der Waals surface area contributed by atoms with Gasteiger partial charge in [-0.2, -0.15) is 0 Å².